The van der Waals surface area contributed by atoms with Crippen molar-refractivity contribution in [2.75, 3.05) is 0 Å². The number of nitrogens with one attached hydrogen (secondary N) is 1. The molecule has 1 rings (SSSR count). The number of nitrogens with zero attached hydrogens (tertiary/aromatic N) is 1. The van der Waals surface area contributed by atoms with Gasteiger partial charge in [-0.2, -0.15) is 0 Å². The predicted octanol–water partition coefficient (Wildman–Crippen LogP) is 2.61. The van der Waals surface area contributed by atoms with Gasteiger partial charge in [0.15, 0.2) is 0 Å². The fourth-order valence-corrected chi connectivity index (χ4v) is 2.25. The summed E-state index contributed by atoms with van der Waals surface area (Å²) in [5, 5.41) is 9.47. The molecule has 0 amide bonds. The monoisotopic (exact) mass is 239 g/mol. The Hall–Kier alpha value is -0.613. The number of hydrogen-bond acceptors (Lipinski definition) is 2. The van der Waals surface area contributed by atoms with E-state index in [0.717, 1.165) is 11.5 Å². The van der Waals surface area contributed by atoms with Crippen LogP contribution < -0.4 is 0 Å². The van der Waals surface area contributed by atoms with Gasteiger partial charge in [0.25, 0.3) is 0 Å². The van der Waals surface area contributed by atoms with Crippen LogP contribution in [0.5, 0.6) is 0 Å². The fourth-order valence-electron chi connectivity index (χ4n) is 1.32. The first kappa shape index (κ1) is 13.5. The highest BCUT2D eigenvalue weighted by Crippen LogP contribution is 2.31. The Bertz CT molecular complexity index is 369. The molecule has 16 heavy (non-hydrogen) atoms. The summed E-state index contributed by atoms with van der Waals surface area (Å²) in [6, 6.07) is 0. The van der Waals surface area contributed by atoms with Gasteiger partial charge in [-0.1, -0.05) is 40.4 Å². The van der Waals surface area contributed by atoms with E-state index in [1.807, 2.05) is 0 Å². The average molecular weight is 239 g/mol. The van der Waals surface area contributed by atoms with E-state index in [4.69, 9.17) is 0 Å². The van der Waals surface area contributed by atoms with E-state index in [9.17, 15) is 5.11 Å². The van der Waals surface area contributed by atoms with Crippen molar-refractivity contribution in [3.63, 3.8) is 0 Å². The Labute approximate surface area is 99.3 Å². The summed E-state index contributed by atoms with van der Waals surface area (Å²) in [6.45, 7) is 16.5. The van der Waals surface area contributed by atoms with Crippen molar-refractivity contribution in [2.45, 2.75) is 51.1 Å². The Morgan fingerprint density at radius 2 is 1.81 bits per heavy atom. The Morgan fingerprint density at radius 1 is 1.31 bits per heavy atom. The van der Waals surface area contributed by atoms with Gasteiger partial charge in [-0.3, -0.25) is 0 Å². The van der Waals surface area contributed by atoms with Crippen LogP contribution in [0.2, 0.25) is 19.6 Å². The third kappa shape index (κ3) is 2.38. The molecule has 0 saturated heterocycles. The number of H-pyrrole nitrogens is 1. The maximum Gasteiger partial charge on any atom is 0.111 e. The molecule has 0 saturated carbocycles. The second-order valence-electron chi connectivity index (χ2n) is 6.51. The summed E-state index contributed by atoms with van der Waals surface area (Å²) in [4.78, 5) is 7.54. The van der Waals surface area contributed by atoms with Crippen molar-refractivity contribution in [3.05, 3.63) is 24.6 Å². The number of aromatic nitrogens is 2. The molecule has 1 aromatic rings. The summed E-state index contributed by atoms with van der Waals surface area (Å²) >= 11 is 0. The maximum atomic E-state index is 10.5. The molecule has 0 aromatic carbocycles. The van der Waals surface area contributed by atoms with Crippen molar-refractivity contribution in [1.29, 1.82) is 0 Å². The molecule has 2 N–H and O–H groups in total. The average Bonchev–Trinajstić information content (AvgIpc) is 2.47. The number of rotatable bonds is 2. The van der Waals surface area contributed by atoms with Gasteiger partial charge in [-0.25, -0.2) is 4.98 Å². The molecule has 0 aliphatic carbocycles. The van der Waals surface area contributed by atoms with Gasteiger partial charge in [-0.05, 0) is 6.92 Å². The zero-order valence-electron chi connectivity index (χ0n) is 11.2. The lowest BCUT2D eigenvalue weighted by Gasteiger charge is -2.34. The number of imidazole rings is 1. The van der Waals surface area contributed by atoms with Crippen LogP contribution in [0.15, 0.2) is 6.20 Å². The highest BCUT2D eigenvalue weighted by atomic mass is 28.3. The van der Waals surface area contributed by atoms with Gasteiger partial charge in [-0.15, -0.1) is 0 Å². The van der Waals surface area contributed by atoms with Crippen LogP contribution >= 0.6 is 0 Å². The summed E-state index contributed by atoms with van der Waals surface area (Å²) in [5.41, 5.74) is 0.699. The first-order chi connectivity index (χ1) is 6.96. The van der Waals surface area contributed by atoms with Crippen LogP contribution in [-0.2, 0) is 10.6 Å². The second kappa shape index (κ2) is 3.70. The van der Waals surface area contributed by atoms with E-state index >= 15 is 0 Å². The minimum absolute atomic E-state index is 0.0340. The quantitative estimate of drug-likeness (QED) is 0.779. The lowest BCUT2D eigenvalue weighted by molar-refractivity contribution is 0.160. The van der Waals surface area contributed by atoms with Crippen molar-refractivity contribution in [2.24, 2.45) is 0 Å². The van der Waals surface area contributed by atoms with E-state index in [1.54, 1.807) is 6.20 Å². The predicted molar refractivity (Wildman–Crippen MR) is 69.9 cm³/mol. The Balaban J connectivity index is 3.13. The smallest absolute Gasteiger partial charge is 0.111 e. The fraction of sp³-hybridized carbons (Fsp3) is 0.667. The Morgan fingerprint density at radius 3 is 2.12 bits per heavy atom. The molecule has 1 heterocycles. The van der Waals surface area contributed by atoms with Crippen LogP contribution in [-0.4, -0.2) is 23.1 Å². The Kier molecular flexibility index (Phi) is 3.11. The normalized spacial score (nSPS) is 17.2. The molecule has 1 radical (unpaired) electrons. The van der Waals surface area contributed by atoms with Crippen LogP contribution in [0, 0.1) is 6.92 Å². The molecule has 0 aliphatic rings. The second-order valence-corrected chi connectivity index (χ2v) is 11.8. The van der Waals surface area contributed by atoms with E-state index in [1.165, 1.54) is 0 Å². The van der Waals surface area contributed by atoms with E-state index < -0.39 is 13.3 Å². The zero-order valence-corrected chi connectivity index (χ0v) is 12.2. The molecule has 1 atom stereocenters. The molecule has 1 unspecified atom stereocenters. The number of aromatic amines is 1. The van der Waals surface area contributed by atoms with Crippen LogP contribution in [0.25, 0.3) is 0 Å². The number of hydrogen-bond donors (Lipinski definition) is 2. The number of aliphatic hydroxyl groups is 1. The summed E-state index contributed by atoms with van der Waals surface area (Å²) in [7, 11) is -1.80. The van der Waals surface area contributed by atoms with Crippen molar-refractivity contribution >= 4 is 8.07 Å². The van der Waals surface area contributed by atoms with E-state index in [0.29, 0.717) is 0 Å². The van der Waals surface area contributed by atoms with Crippen molar-refractivity contribution in [1.82, 2.24) is 9.97 Å². The van der Waals surface area contributed by atoms with Crippen LogP contribution in [0.4, 0.5) is 0 Å². The summed E-state index contributed by atoms with van der Waals surface area (Å²) < 4.78 is 0. The molecular weight excluding hydrogens is 216 g/mol. The largest absolute Gasteiger partial charge is 0.387 e. The SMILES string of the molecule is [CH2]C(O)(c1cnc(C(C)(C)C)[nH]1)[Si](C)(C)C. The lowest BCUT2D eigenvalue weighted by Crippen LogP contribution is -2.47. The standard InChI is InChI=1S/C12H23N2OSi/c1-11(2,3)10-13-8-9(14-10)12(4,15)16(5,6)7/h8,15H,4H2,1-3,5-7H3,(H,13,14). The lowest BCUT2D eigenvalue weighted by atomic mass is 9.96. The van der Waals surface area contributed by atoms with Gasteiger partial charge < -0.3 is 10.1 Å². The molecule has 0 aliphatic heterocycles. The maximum absolute atomic E-state index is 10.5. The first-order valence-corrected chi connectivity index (χ1v) is 9.10. The molecule has 0 fully saturated rings. The van der Waals surface area contributed by atoms with E-state index in [2.05, 4.69) is 57.3 Å². The minimum atomic E-state index is -1.80. The highest BCUT2D eigenvalue weighted by Gasteiger charge is 2.40. The molecule has 0 spiro atoms. The molecular formula is C12H23N2OSi. The third-order valence-electron chi connectivity index (χ3n) is 2.97. The molecule has 1 aromatic heterocycles. The van der Waals surface area contributed by atoms with Gasteiger partial charge in [0.1, 0.15) is 5.82 Å². The summed E-state index contributed by atoms with van der Waals surface area (Å²) in [5.74, 6) is 0.892. The van der Waals surface area contributed by atoms with Crippen molar-refractivity contribution < 1.29 is 5.11 Å². The first-order valence-electron chi connectivity index (χ1n) is 5.60. The molecule has 3 nitrogen and oxygen atoms in total. The highest BCUT2D eigenvalue weighted by molar-refractivity contribution is 6.78. The molecule has 91 valence electrons. The van der Waals surface area contributed by atoms with Crippen LogP contribution in [0.1, 0.15) is 32.3 Å². The molecule has 0 bridgehead atoms. The van der Waals surface area contributed by atoms with Gasteiger partial charge in [0, 0.05) is 5.41 Å². The van der Waals surface area contributed by atoms with Gasteiger partial charge in [0.05, 0.1) is 25.2 Å². The summed E-state index contributed by atoms with van der Waals surface area (Å²) in [6.07, 6.45) is 1.71. The van der Waals surface area contributed by atoms with Gasteiger partial charge in [0.2, 0.25) is 0 Å². The minimum Gasteiger partial charge on any atom is -0.387 e. The van der Waals surface area contributed by atoms with Gasteiger partial charge >= 0.3 is 0 Å². The molecule has 4 heteroatoms. The van der Waals surface area contributed by atoms with Crippen LogP contribution in [0.3, 0.4) is 0 Å². The van der Waals surface area contributed by atoms with Crippen molar-refractivity contribution in [3.8, 4) is 0 Å². The van der Waals surface area contributed by atoms with E-state index in [-0.39, 0.29) is 5.41 Å². The third-order valence-corrected chi connectivity index (χ3v) is 5.72. The zero-order chi connectivity index (χ0) is 12.8. The topological polar surface area (TPSA) is 48.9 Å².